The van der Waals surface area contributed by atoms with Gasteiger partial charge < -0.3 is 5.32 Å². The number of hydrogen-bond donors (Lipinski definition) is 1. The first-order chi connectivity index (χ1) is 9.86. The standard InChI is InChI=1S/C16H16ClFN2O/c1-9-4-12(5-10(2)15(9)18)8-19-16(21)13-6-11(3)20-14(17)7-13/h4-7H,8H2,1-3H3,(H,19,21). The van der Waals surface area contributed by atoms with Gasteiger partial charge in [-0.2, -0.15) is 0 Å². The highest BCUT2D eigenvalue weighted by molar-refractivity contribution is 6.29. The van der Waals surface area contributed by atoms with E-state index in [0.717, 1.165) is 5.56 Å². The first-order valence-electron chi connectivity index (χ1n) is 6.55. The van der Waals surface area contributed by atoms with Crippen molar-refractivity contribution in [3.8, 4) is 0 Å². The fraction of sp³-hybridized carbons (Fsp3) is 0.250. The molecule has 0 aliphatic carbocycles. The van der Waals surface area contributed by atoms with Gasteiger partial charge in [0.15, 0.2) is 0 Å². The van der Waals surface area contributed by atoms with Crippen LogP contribution in [0.2, 0.25) is 5.15 Å². The van der Waals surface area contributed by atoms with Gasteiger partial charge in [-0.3, -0.25) is 4.79 Å². The van der Waals surface area contributed by atoms with Crippen molar-refractivity contribution in [2.24, 2.45) is 0 Å². The summed E-state index contributed by atoms with van der Waals surface area (Å²) in [6, 6.07) is 6.65. The van der Waals surface area contributed by atoms with Crippen LogP contribution >= 0.6 is 11.6 Å². The minimum atomic E-state index is -0.234. The lowest BCUT2D eigenvalue weighted by Gasteiger charge is -2.09. The Hall–Kier alpha value is -1.94. The van der Waals surface area contributed by atoms with Crippen LogP contribution in [0.3, 0.4) is 0 Å². The molecular weight excluding hydrogens is 291 g/mol. The van der Waals surface area contributed by atoms with Gasteiger partial charge in [-0.15, -0.1) is 0 Å². The van der Waals surface area contributed by atoms with Crippen molar-refractivity contribution in [2.75, 3.05) is 0 Å². The van der Waals surface area contributed by atoms with Crippen molar-refractivity contribution in [3.63, 3.8) is 0 Å². The summed E-state index contributed by atoms with van der Waals surface area (Å²) in [4.78, 5) is 16.1. The Balaban J connectivity index is 2.11. The lowest BCUT2D eigenvalue weighted by molar-refractivity contribution is 0.0950. The predicted molar refractivity (Wildman–Crippen MR) is 81.0 cm³/mol. The van der Waals surface area contributed by atoms with Crippen LogP contribution in [-0.2, 0) is 6.54 Å². The van der Waals surface area contributed by atoms with Gasteiger partial charge >= 0.3 is 0 Å². The second-order valence-electron chi connectivity index (χ2n) is 5.05. The van der Waals surface area contributed by atoms with Crippen LogP contribution in [0.1, 0.15) is 32.7 Å². The zero-order valence-corrected chi connectivity index (χ0v) is 12.9. The second kappa shape index (κ2) is 6.22. The summed E-state index contributed by atoms with van der Waals surface area (Å²) in [5.41, 5.74) is 3.14. The number of hydrogen-bond acceptors (Lipinski definition) is 2. The normalized spacial score (nSPS) is 10.5. The van der Waals surface area contributed by atoms with Gasteiger partial charge in [-0.05, 0) is 49.6 Å². The van der Waals surface area contributed by atoms with E-state index in [9.17, 15) is 9.18 Å². The molecule has 2 aromatic rings. The zero-order chi connectivity index (χ0) is 15.6. The van der Waals surface area contributed by atoms with Gasteiger partial charge in [0.05, 0.1) is 0 Å². The molecule has 5 heteroatoms. The molecule has 0 bridgehead atoms. The molecule has 0 aliphatic heterocycles. The van der Waals surface area contributed by atoms with E-state index in [-0.39, 0.29) is 16.9 Å². The number of carbonyl (C=O) groups excluding carboxylic acids is 1. The van der Waals surface area contributed by atoms with Crippen molar-refractivity contribution >= 4 is 17.5 Å². The van der Waals surface area contributed by atoms with Crippen molar-refractivity contribution < 1.29 is 9.18 Å². The molecule has 0 saturated heterocycles. The molecule has 1 heterocycles. The van der Waals surface area contributed by atoms with E-state index in [1.807, 2.05) is 0 Å². The molecule has 1 aromatic heterocycles. The molecule has 3 nitrogen and oxygen atoms in total. The third-order valence-electron chi connectivity index (χ3n) is 3.13. The number of carbonyl (C=O) groups is 1. The summed E-state index contributed by atoms with van der Waals surface area (Å²) < 4.78 is 13.6. The number of pyridine rings is 1. The van der Waals surface area contributed by atoms with E-state index in [1.165, 1.54) is 6.07 Å². The Morgan fingerprint density at radius 3 is 2.38 bits per heavy atom. The molecule has 0 fully saturated rings. The van der Waals surface area contributed by atoms with Crippen LogP contribution in [0, 0.1) is 26.6 Å². The molecule has 0 radical (unpaired) electrons. The summed E-state index contributed by atoms with van der Waals surface area (Å²) in [5.74, 6) is -0.441. The SMILES string of the molecule is Cc1cc(C(=O)NCc2cc(C)c(F)c(C)c2)cc(Cl)n1. The lowest BCUT2D eigenvalue weighted by Crippen LogP contribution is -2.23. The molecule has 0 unspecified atom stereocenters. The summed E-state index contributed by atoms with van der Waals surface area (Å²) in [6.45, 7) is 5.52. The second-order valence-corrected chi connectivity index (χ2v) is 5.43. The van der Waals surface area contributed by atoms with Crippen molar-refractivity contribution in [1.29, 1.82) is 0 Å². The van der Waals surface area contributed by atoms with Crippen molar-refractivity contribution in [1.82, 2.24) is 10.3 Å². The highest BCUT2D eigenvalue weighted by atomic mass is 35.5. The van der Waals surface area contributed by atoms with E-state index >= 15 is 0 Å². The minimum absolute atomic E-state index is 0.207. The summed E-state index contributed by atoms with van der Waals surface area (Å²) >= 11 is 5.84. The molecule has 0 aliphatic rings. The average Bonchev–Trinajstić information content (AvgIpc) is 2.40. The van der Waals surface area contributed by atoms with E-state index < -0.39 is 0 Å². The third-order valence-corrected chi connectivity index (χ3v) is 3.33. The Labute approximate surface area is 128 Å². The Morgan fingerprint density at radius 2 is 1.81 bits per heavy atom. The van der Waals surface area contributed by atoms with Gasteiger partial charge in [-0.25, -0.2) is 9.37 Å². The number of nitrogens with zero attached hydrogens (tertiary/aromatic N) is 1. The van der Waals surface area contributed by atoms with Crippen LogP contribution < -0.4 is 5.32 Å². The highest BCUT2D eigenvalue weighted by Crippen LogP contribution is 2.15. The number of aryl methyl sites for hydroxylation is 3. The topological polar surface area (TPSA) is 42.0 Å². The van der Waals surface area contributed by atoms with Crippen molar-refractivity contribution in [2.45, 2.75) is 27.3 Å². The number of halogens is 2. The highest BCUT2D eigenvalue weighted by Gasteiger charge is 2.09. The maximum absolute atomic E-state index is 13.6. The van der Waals surface area contributed by atoms with Crippen LogP contribution in [0.25, 0.3) is 0 Å². The quantitative estimate of drug-likeness (QED) is 0.878. The molecule has 0 spiro atoms. The smallest absolute Gasteiger partial charge is 0.251 e. The lowest BCUT2D eigenvalue weighted by atomic mass is 10.1. The van der Waals surface area contributed by atoms with Gasteiger partial charge in [-0.1, -0.05) is 23.7 Å². The maximum Gasteiger partial charge on any atom is 0.251 e. The molecular formula is C16H16ClFN2O. The van der Waals surface area contributed by atoms with Crippen molar-refractivity contribution in [3.05, 3.63) is 63.2 Å². The Bertz CT molecular complexity index is 657. The third kappa shape index (κ3) is 3.79. The Kier molecular flexibility index (Phi) is 4.58. The average molecular weight is 307 g/mol. The van der Waals surface area contributed by atoms with E-state index in [2.05, 4.69) is 10.3 Å². The van der Waals surface area contributed by atoms with Crippen LogP contribution in [0.4, 0.5) is 4.39 Å². The van der Waals surface area contributed by atoms with E-state index in [0.29, 0.717) is 28.9 Å². The molecule has 110 valence electrons. The zero-order valence-electron chi connectivity index (χ0n) is 12.1. The maximum atomic E-state index is 13.6. The number of rotatable bonds is 3. The molecule has 21 heavy (non-hydrogen) atoms. The Morgan fingerprint density at radius 1 is 1.19 bits per heavy atom. The fourth-order valence-corrected chi connectivity index (χ4v) is 2.43. The molecule has 0 atom stereocenters. The van der Waals surface area contributed by atoms with Crippen LogP contribution in [0.15, 0.2) is 24.3 Å². The van der Waals surface area contributed by atoms with Gasteiger partial charge in [0, 0.05) is 17.8 Å². The van der Waals surface area contributed by atoms with Crippen LogP contribution in [-0.4, -0.2) is 10.9 Å². The molecule has 1 N–H and O–H groups in total. The van der Waals surface area contributed by atoms with Gasteiger partial charge in [0.2, 0.25) is 0 Å². The number of aromatic nitrogens is 1. The number of benzene rings is 1. The molecule has 0 saturated carbocycles. The summed E-state index contributed by atoms with van der Waals surface area (Å²) in [7, 11) is 0. The minimum Gasteiger partial charge on any atom is -0.348 e. The number of nitrogens with one attached hydrogen (secondary N) is 1. The first kappa shape index (κ1) is 15.4. The first-order valence-corrected chi connectivity index (χ1v) is 6.92. The summed E-state index contributed by atoms with van der Waals surface area (Å²) in [6.07, 6.45) is 0. The van der Waals surface area contributed by atoms with Gasteiger partial charge in [0.1, 0.15) is 11.0 Å². The predicted octanol–water partition coefficient (Wildman–Crippen LogP) is 3.73. The van der Waals surface area contributed by atoms with E-state index in [4.69, 9.17) is 11.6 Å². The van der Waals surface area contributed by atoms with Gasteiger partial charge in [0.25, 0.3) is 5.91 Å². The molecule has 1 aromatic carbocycles. The van der Waals surface area contributed by atoms with E-state index in [1.54, 1.807) is 39.0 Å². The number of amides is 1. The molecule has 1 amide bonds. The summed E-state index contributed by atoms with van der Waals surface area (Å²) in [5, 5.41) is 3.08. The largest absolute Gasteiger partial charge is 0.348 e. The van der Waals surface area contributed by atoms with Crippen LogP contribution in [0.5, 0.6) is 0 Å². The monoisotopic (exact) mass is 306 g/mol. The fourth-order valence-electron chi connectivity index (χ4n) is 2.18. The molecule has 2 rings (SSSR count).